The van der Waals surface area contributed by atoms with Gasteiger partial charge in [-0.05, 0) is 74.7 Å². The molecule has 2 spiro atoms. The molecule has 1 unspecified atom stereocenters. The molecule has 0 bridgehead atoms. The minimum Gasteiger partial charge on any atom is -0.396 e. The second-order valence-electron chi connectivity index (χ2n) is 18.0. The van der Waals surface area contributed by atoms with E-state index in [1.807, 2.05) is 0 Å². The van der Waals surface area contributed by atoms with Gasteiger partial charge in [-0.25, -0.2) is 0 Å². The molecular formula is C35H66N2O8. The number of aliphatic hydroxyl groups is 3. The van der Waals surface area contributed by atoms with Gasteiger partial charge in [0.05, 0.1) is 64.4 Å². The van der Waals surface area contributed by atoms with Gasteiger partial charge in [0.15, 0.2) is 11.6 Å². The fourth-order valence-electron chi connectivity index (χ4n) is 8.97. The highest BCUT2D eigenvalue weighted by atomic mass is 16.7. The van der Waals surface area contributed by atoms with Gasteiger partial charge < -0.3 is 49.6 Å². The number of hydrogen-bond donors (Lipinski definition) is 5. The Morgan fingerprint density at radius 1 is 0.600 bits per heavy atom. The molecule has 0 aromatic rings. The largest absolute Gasteiger partial charge is 0.396 e. The summed E-state index contributed by atoms with van der Waals surface area (Å²) in [5.41, 5.74) is -2.58. The molecule has 0 radical (unpaired) electrons. The molecule has 4 rings (SSSR count). The Hall–Kier alpha value is -0.400. The van der Waals surface area contributed by atoms with Gasteiger partial charge >= 0.3 is 0 Å². The summed E-state index contributed by atoms with van der Waals surface area (Å²) in [5.74, 6) is -1.33. The molecule has 0 aromatic carbocycles. The van der Waals surface area contributed by atoms with Crippen molar-refractivity contribution in [2.24, 2.45) is 16.2 Å². The van der Waals surface area contributed by atoms with Gasteiger partial charge in [0.2, 0.25) is 0 Å². The lowest BCUT2D eigenvalue weighted by atomic mass is 9.71. The minimum absolute atomic E-state index is 0.130. The van der Waals surface area contributed by atoms with E-state index in [2.05, 4.69) is 79.9 Å². The van der Waals surface area contributed by atoms with Crippen LogP contribution >= 0.6 is 0 Å². The van der Waals surface area contributed by atoms with Crippen molar-refractivity contribution in [3.8, 4) is 0 Å². The van der Waals surface area contributed by atoms with Crippen molar-refractivity contribution in [3.05, 3.63) is 0 Å². The van der Waals surface area contributed by atoms with E-state index in [0.29, 0.717) is 39.5 Å². The first kappa shape index (κ1) is 37.4. The molecule has 10 nitrogen and oxygen atoms in total. The van der Waals surface area contributed by atoms with Crippen molar-refractivity contribution < 1.29 is 39.0 Å². The molecule has 4 heterocycles. The molecule has 4 aliphatic rings. The Kier molecular flexibility index (Phi) is 10.6. The van der Waals surface area contributed by atoms with Crippen molar-refractivity contribution in [2.75, 3.05) is 52.9 Å². The Labute approximate surface area is 272 Å². The molecule has 4 fully saturated rings. The van der Waals surface area contributed by atoms with Crippen molar-refractivity contribution in [1.82, 2.24) is 10.6 Å². The summed E-state index contributed by atoms with van der Waals surface area (Å²) in [6.07, 6.45) is 4.34. The molecule has 0 amide bonds. The highest BCUT2D eigenvalue weighted by Crippen LogP contribution is 2.48. The molecule has 0 aromatic heterocycles. The van der Waals surface area contributed by atoms with Crippen LogP contribution in [0.2, 0.25) is 0 Å². The maximum Gasteiger partial charge on any atom is 0.171 e. The van der Waals surface area contributed by atoms with Crippen LogP contribution in [0.25, 0.3) is 0 Å². The van der Waals surface area contributed by atoms with Crippen molar-refractivity contribution in [1.29, 1.82) is 0 Å². The molecule has 1 atom stereocenters. The van der Waals surface area contributed by atoms with Crippen LogP contribution in [0.5, 0.6) is 0 Å². The Morgan fingerprint density at radius 3 is 1.24 bits per heavy atom. The summed E-state index contributed by atoms with van der Waals surface area (Å²) in [5, 5.41) is 39.1. The fourth-order valence-corrected chi connectivity index (χ4v) is 8.97. The monoisotopic (exact) mass is 642 g/mol. The number of aliphatic hydroxyl groups excluding tert-OH is 3. The standard InChI is InChI=1S/C35H66N2O8/c1-11-31(22-42-34(43-23-31)14-27(3,4)36-28(5,6)15-34)13-26(33(18-38,19-39)20-40)41-21-32(12-2)24-44-35(45-25-32)16-29(7,8)37-30(9,10)17-35/h26,36-40H,11-25H2,1-10H3. The average Bonchev–Trinajstić information content (AvgIpc) is 2.92. The molecule has 10 heteroatoms. The van der Waals surface area contributed by atoms with E-state index in [1.165, 1.54) is 0 Å². The highest BCUT2D eigenvalue weighted by Gasteiger charge is 2.56. The summed E-state index contributed by atoms with van der Waals surface area (Å²) in [6.45, 7) is 22.7. The summed E-state index contributed by atoms with van der Waals surface area (Å²) in [6, 6.07) is 0. The molecule has 5 N–H and O–H groups in total. The second-order valence-corrected chi connectivity index (χ2v) is 18.0. The van der Waals surface area contributed by atoms with Gasteiger partial charge in [-0.1, -0.05) is 13.8 Å². The quantitative estimate of drug-likeness (QED) is 0.226. The SMILES string of the molecule is CCC1(COC(CC2(CC)COC3(CC(C)(C)NC(C)(C)C3)OC2)C(CO)(CO)CO)COC2(CC(C)(C)NC(C)(C)C2)OC1. The van der Waals surface area contributed by atoms with Crippen molar-refractivity contribution in [3.63, 3.8) is 0 Å². The summed E-state index contributed by atoms with van der Waals surface area (Å²) in [7, 11) is 0. The van der Waals surface area contributed by atoms with Crippen LogP contribution in [-0.4, -0.2) is 108 Å². The third-order valence-corrected chi connectivity index (χ3v) is 11.1. The normalized spacial score (nSPS) is 29.8. The van der Waals surface area contributed by atoms with Crippen LogP contribution in [-0.2, 0) is 23.7 Å². The third kappa shape index (κ3) is 8.26. The van der Waals surface area contributed by atoms with E-state index in [-0.39, 0.29) is 22.2 Å². The van der Waals surface area contributed by atoms with Gasteiger partial charge in [-0.2, -0.15) is 0 Å². The van der Waals surface area contributed by atoms with Gasteiger partial charge in [0, 0.05) is 58.7 Å². The van der Waals surface area contributed by atoms with E-state index in [1.54, 1.807) is 0 Å². The van der Waals surface area contributed by atoms with Crippen LogP contribution in [0.4, 0.5) is 0 Å². The van der Waals surface area contributed by atoms with Gasteiger partial charge in [0.1, 0.15) is 0 Å². The van der Waals surface area contributed by atoms with Crippen molar-refractivity contribution in [2.45, 2.75) is 154 Å². The summed E-state index contributed by atoms with van der Waals surface area (Å²) >= 11 is 0. The first-order valence-corrected chi connectivity index (χ1v) is 17.3. The zero-order chi connectivity index (χ0) is 33.6. The molecule has 0 aliphatic carbocycles. The van der Waals surface area contributed by atoms with Crippen LogP contribution < -0.4 is 10.6 Å². The summed E-state index contributed by atoms with van der Waals surface area (Å²) in [4.78, 5) is 0. The summed E-state index contributed by atoms with van der Waals surface area (Å²) < 4.78 is 33.4. The van der Waals surface area contributed by atoms with Crippen molar-refractivity contribution >= 4 is 0 Å². The van der Waals surface area contributed by atoms with E-state index in [4.69, 9.17) is 23.7 Å². The predicted molar refractivity (Wildman–Crippen MR) is 174 cm³/mol. The maximum absolute atomic E-state index is 10.5. The van der Waals surface area contributed by atoms with Crippen LogP contribution in [0.1, 0.15) is 114 Å². The van der Waals surface area contributed by atoms with Crippen LogP contribution in [0.15, 0.2) is 0 Å². The Morgan fingerprint density at radius 2 is 0.933 bits per heavy atom. The molecular weight excluding hydrogens is 576 g/mol. The van der Waals surface area contributed by atoms with Crippen LogP contribution in [0.3, 0.4) is 0 Å². The third-order valence-electron chi connectivity index (χ3n) is 11.1. The number of piperidine rings is 2. The van der Waals surface area contributed by atoms with E-state index in [9.17, 15) is 15.3 Å². The minimum atomic E-state index is -1.23. The Balaban J connectivity index is 1.50. The lowest BCUT2D eigenvalue weighted by molar-refractivity contribution is -0.340. The number of rotatable bonds is 11. The zero-order valence-electron chi connectivity index (χ0n) is 30.1. The van der Waals surface area contributed by atoms with Gasteiger partial charge in [-0.15, -0.1) is 0 Å². The van der Waals surface area contributed by atoms with Gasteiger partial charge in [0.25, 0.3) is 0 Å². The molecule has 4 saturated heterocycles. The van der Waals surface area contributed by atoms with E-state index >= 15 is 0 Å². The number of ether oxygens (including phenoxy) is 5. The van der Waals surface area contributed by atoms with Gasteiger partial charge in [-0.3, -0.25) is 0 Å². The van der Waals surface area contributed by atoms with E-state index in [0.717, 1.165) is 38.5 Å². The molecule has 4 aliphatic heterocycles. The number of hydrogen-bond acceptors (Lipinski definition) is 10. The fraction of sp³-hybridized carbons (Fsp3) is 1.00. The number of nitrogens with one attached hydrogen (secondary N) is 2. The first-order chi connectivity index (χ1) is 20.7. The first-order valence-electron chi connectivity index (χ1n) is 17.3. The predicted octanol–water partition coefficient (Wildman–Crippen LogP) is 3.89. The smallest absolute Gasteiger partial charge is 0.171 e. The highest BCUT2D eigenvalue weighted by molar-refractivity contribution is 5.05. The molecule has 0 saturated carbocycles. The average molecular weight is 643 g/mol. The van der Waals surface area contributed by atoms with Crippen LogP contribution in [0, 0.1) is 16.2 Å². The zero-order valence-corrected chi connectivity index (χ0v) is 30.1. The second kappa shape index (κ2) is 12.8. The lowest BCUT2D eigenvalue weighted by Gasteiger charge is -2.57. The molecule has 264 valence electrons. The molecule has 45 heavy (non-hydrogen) atoms. The topological polar surface area (TPSA) is 131 Å². The van der Waals surface area contributed by atoms with E-state index < -0.39 is 53.7 Å². The lowest BCUT2D eigenvalue weighted by Crippen LogP contribution is -2.67. The Bertz CT molecular complexity index is 947. The maximum atomic E-state index is 10.5.